The summed E-state index contributed by atoms with van der Waals surface area (Å²) < 4.78 is 17.8. The van der Waals surface area contributed by atoms with E-state index in [0.29, 0.717) is 36.0 Å². The minimum Gasteiger partial charge on any atom is -0.490 e. The summed E-state index contributed by atoms with van der Waals surface area (Å²) in [6.07, 6.45) is 2.46. The molecule has 1 aromatic heterocycles. The van der Waals surface area contributed by atoms with Crippen molar-refractivity contribution in [2.75, 3.05) is 25.6 Å². The van der Waals surface area contributed by atoms with Crippen molar-refractivity contribution in [3.63, 3.8) is 0 Å². The van der Waals surface area contributed by atoms with Gasteiger partial charge in [-0.25, -0.2) is 4.79 Å². The Morgan fingerprint density at radius 1 is 1.11 bits per heavy atom. The van der Waals surface area contributed by atoms with E-state index in [9.17, 15) is 9.59 Å². The minimum atomic E-state index is -0.432. The lowest BCUT2D eigenvalue weighted by atomic mass is 10.2. The molecule has 2 heterocycles. The Kier molecular flexibility index (Phi) is 4.89. The number of hydrogen-bond acceptors (Lipinski definition) is 5. The second kappa shape index (κ2) is 7.64. The van der Waals surface area contributed by atoms with Crippen LogP contribution in [0.4, 0.5) is 5.69 Å². The third-order valence-electron chi connectivity index (χ3n) is 4.54. The van der Waals surface area contributed by atoms with Crippen molar-refractivity contribution in [3.8, 4) is 11.5 Å². The van der Waals surface area contributed by atoms with Gasteiger partial charge in [-0.2, -0.15) is 0 Å². The molecule has 0 saturated heterocycles. The normalized spacial score (nSPS) is 13.0. The second-order valence-corrected chi connectivity index (χ2v) is 6.44. The summed E-state index contributed by atoms with van der Waals surface area (Å²) in [5, 5.41) is 3.61. The molecule has 0 fully saturated rings. The lowest BCUT2D eigenvalue weighted by Crippen LogP contribution is -2.18. The van der Waals surface area contributed by atoms with Gasteiger partial charge in [-0.3, -0.25) is 4.79 Å². The number of nitrogens with zero attached hydrogens (tertiary/aromatic N) is 1. The van der Waals surface area contributed by atoms with E-state index in [1.165, 1.54) is 7.11 Å². The monoisotopic (exact) mass is 380 g/mol. The molecule has 0 atom stereocenters. The van der Waals surface area contributed by atoms with E-state index in [0.717, 1.165) is 17.3 Å². The van der Waals surface area contributed by atoms with Gasteiger partial charge in [0.15, 0.2) is 11.5 Å². The molecule has 0 saturated carbocycles. The number of hydrogen-bond donors (Lipinski definition) is 1. The Labute approximate surface area is 161 Å². The zero-order valence-corrected chi connectivity index (χ0v) is 15.4. The Balaban J connectivity index is 1.54. The smallest absolute Gasteiger partial charge is 0.340 e. The van der Waals surface area contributed by atoms with Crippen LogP contribution in [0.3, 0.4) is 0 Å². The number of anilines is 1. The maximum atomic E-state index is 12.6. The van der Waals surface area contributed by atoms with Crippen LogP contribution in [-0.2, 0) is 16.1 Å². The Morgan fingerprint density at radius 2 is 1.89 bits per heavy atom. The average Bonchev–Trinajstić information content (AvgIpc) is 2.90. The third kappa shape index (κ3) is 3.51. The molecule has 144 valence electrons. The van der Waals surface area contributed by atoms with Crippen molar-refractivity contribution in [1.82, 2.24) is 4.57 Å². The third-order valence-corrected chi connectivity index (χ3v) is 4.54. The number of nitrogens with one attached hydrogen (secondary N) is 1. The van der Waals surface area contributed by atoms with Gasteiger partial charge in [-0.05, 0) is 18.2 Å². The number of aromatic nitrogens is 1. The molecule has 1 aliphatic rings. The van der Waals surface area contributed by atoms with Crippen LogP contribution in [0.5, 0.6) is 11.5 Å². The van der Waals surface area contributed by atoms with Gasteiger partial charge in [0.1, 0.15) is 6.54 Å². The molecule has 0 bridgehead atoms. The highest BCUT2D eigenvalue weighted by Gasteiger charge is 2.17. The van der Waals surface area contributed by atoms with Crippen molar-refractivity contribution in [3.05, 3.63) is 54.2 Å². The van der Waals surface area contributed by atoms with Crippen LogP contribution in [0, 0.1) is 0 Å². The van der Waals surface area contributed by atoms with Gasteiger partial charge in [0.25, 0.3) is 0 Å². The first-order valence-corrected chi connectivity index (χ1v) is 9.01. The molecule has 0 aliphatic carbocycles. The molecule has 0 radical (unpaired) electrons. The molecule has 2 aromatic carbocycles. The molecule has 7 heteroatoms. The van der Waals surface area contributed by atoms with E-state index >= 15 is 0 Å². The van der Waals surface area contributed by atoms with Gasteiger partial charge >= 0.3 is 5.97 Å². The lowest BCUT2D eigenvalue weighted by Gasteiger charge is -2.11. The number of benzene rings is 2. The number of rotatable bonds is 4. The molecule has 0 unspecified atom stereocenters. The summed E-state index contributed by atoms with van der Waals surface area (Å²) in [5.41, 5.74) is 1.84. The first-order chi connectivity index (χ1) is 13.7. The van der Waals surface area contributed by atoms with Crippen LogP contribution < -0.4 is 14.8 Å². The van der Waals surface area contributed by atoms with E-state index in [1.54, 1.807) is 29.0 Å². The predicted molar refractivity (Wildman–Crippen MR) is 104 cm³/mol. The number of carbonyl (C=O) groups is 2. The Hall–Kier alpha value is -3.48. The van der Waals surface area contributed by atoms with E-state index in [1.807, 2.05) is 24.3 Å². The molecular formula is C21H20N2O5. The molecule has 4 rings (SSSR count). The van der Waals surface area contributed by atoms with Crippen molar-refractivity contribution in [1.29, 1.82) is 0 Å². The topological polar surface area (TPSA) is 78.8 Å². The fourth-order valence-electron chi connectivity index (χ4n) is 3.25. The van der Waals surface area contributed by atoms with Gasteiger partial charge in [-0.15, -0.1) is 0 Å². The summed E-state index contributed by atoms with van der Waals surface area (Å²) in [5.74, 6) is 0.647. The zero-order valence-electron chi connectivity index (χ0n) is 15.4. The number of carbonyl (C=O) groups excluding carboxylic acids is 2. The van der Waals surface area contributed by atoms with Crippen molar-refractivity contribution in [2.45, 2.75) is 13.0 Å². The van der Waals surface area contributed by atoms with Gasteiger partial charge in [0.05, 0.1) is 25.9 Å². The molecule has 3 aromatic rings. The number of para-hydroxylation sites is 1. The molecule has 0 spiro atoms. The second-order valence-electron chi connectivity index (χ2n) is 6.44. The van der Waals surface area contributed by atoms with E-state index in [2.05, 4.69) is 5.32 Å². The largest absolute Gasteiger partial charge is 0.490 e. The maximum Gasteiger partial charge on any atom is 0.340 e. The Morgan fingerprint density at radius 3 is 2.71 bits per heavy atom. The van der Waals surface area contributed by atoms with Gasteiger partial charge in [0.2, 0.25) is 5.91 Å². The first kappa shape index (κ1) is 17.9. The fourth-order valence-corrected chi connectivity index (χ4v) is 3.25. The number of ether oxygens (including phenoxy) is 3. The highest BCUT2D eigenvalue weighted by molar-refractivity contribution is 6.05. The van der Waals surface area contributed by atoms with Crippen molar-refractivity contribution >= 4 is 28.5 Å². The van der Waals surface area contributed by atoms with Gasteiger partial charge < -0.3 is 24.1 Å². The Bertz CT molecular complexity index is 1040. The molecule has 1 amide bonds. The van der Waals surface area contributed by atoms with Crippen LogP contribution in [0.1, 0.15) is 16.8 Å². The molecule has 1 aliphatic heterocycles. The first-order valence-electron chi connectivity index (χ1n) is 9.01. The van der Waals surface area contributed by atoms with E-state index < -0.39 is 5.97 Å². The van der Waals surface area contributed by atoms with Gasteiger partial charge in [0, 0.05) is 35.3 Å². The van der Waals surface area contributed by atoms with Gasteiger partial charge in [-0.1, -0.05) is 18.2 Å². The fraction of sp³-hybridized carbons (Fsp3) is 0.238. The SMILES string of the molecule is COC(=O)c1cn(CC(=O)Nc2ccc3c(c2)OCCCO3)c2ccccc12. The molecule has 7 nitrogen and oxygen atoms in total. The summed E-state index contributed by atoms with van der Waals surface area (Å²) >= 11 is 0. The number of fused-ring (bicyclic) bond motifs is 2. The average molecular weight is 380 g/mol. The zero-order chi connectivity index (χ0) is 19.5. The lowest BCUT2D eigenvalue weighted by molar-refractivity contribution is -0.116. The quantitative estimate of drug-likeness (QED) is 0.703. The summed E-state index contributed by atoms with van der Waals surface area (Å²) in [6, 6.07) is 12.7. The van der Waals surface area contributed by atoms with Crippen LogP contribution in [0.15, 0.2) is 48.7 Å². The molecule has 28 heavy (non-hydrogen) atoms. The maximum absolute atomic E-state index is 12.6. The number of methoxy groups -OCH3 is 1. The highest BCUT2D eigenvalue weighted by Crippen LogP contribution is 2.32. The van der Waals surface area contributed by atoms with Crippen LogP contribution >= 0.6 is 0 Å². The number of esters is 1. The van der Waals surface area contributed by atoms with Crippen LogP contribution in [0.25, 0.3) is 10.9 Å². The minimum absolute atomic E-state index is 0.0615. The standard InChI is InChI=1S/C21H20N2O5/c1-26-21(25)16-12-23(17-6-3-2-5-15(16)17)13-20(24)22-14-7-8-18-19(11-14)28-10-4-9-27-18/h2-3,5-8,11-12H,4,9-10,13H2,1H3,(H,22,24). The predicted octanol–water partition coefficient (Wildman–Crippen LogP) is 3.23. The van der Waals surface area contributed by atoms with E-state index in [-0.39, 0.29) is 12.5 Å². The van der Waals surface area contributed by atoms with Crippen LogP contribution in [-0.4, -0.2) is 36.8 Å². The molecular weight excluding hydrogens is 360 g/mol. The summed E-state index contributed by atoms with van der Waals surface area (Å²) in [6.45, 7) is 1.25. The van der Waals surface area contributed by atoms with Crippen LogP contribution in [0.2, 0.25) is 0 Å². The van der Waals surface area contributed by atoms with Crippen molar-refractivity contribution in [2.24, 2.45) is 0 Å². The highest BCUT2D eigenvalue weighted by atomic mass is 16.5. The van der Waals surface area contributed by atoms with E-state index in [4.69, 9.17) is 14.2 Å². The molecule has 1 N–H and O–H groups in total. The number of amides is 1. The summed E-state index contributed by atoms with van der Waals surface area (Å²) in [7, 11) is 1.34. The van der Waals surface area contributed by atoms with Crippen molar-refractivity contribution < 1.29 is 23.8 Å². The summed E-state index contributed by atoms with van der Waals surface area (Å²) in [4.78, 5) is 24.6.